The van der Waals surface area contributed by atoms with Crippen molar-refractivity contribution < 1.29 is 4.79 Å². The molecule has 0 aliphatic rings. The highest BCUT2D eigenvalue weighted by Gasteiger charge is 2.12. The molecule has 0 radical (unpaired) electrons. The molecule has 5 nitrogen and oxygen atoms in total. The summed E-state index contributed by atoms with van der Waals surface area (Å²) in [6.07, 6.45) is 1.63. The first-order chi connectivity index (χ1) is 12.7. The van der Waals surface area contributed by atoms with Crippen LogP contribution in [0.3, 0.4) is 0 Å². The van der Waals surface area contributed by atoms with Gasteiger partial charge in [-0.3, -0.25) is 4.79 Å². The van der Waals surface area contributed by atoms with E-state index in [4.69, 9.17) is 16.9 Å². The standard InChI is InChI=1S/C20H15ClN4O/c21-16-7-9-17(10-8-16)25-20(26)18-2-1-11-23-19(18)24-13-15-5-3-14(12-22)4-6-15/h1-11H,13H2,(H,23,24)(H,25,26). The van der Waals surface area contributed by atoms with Gasteiger partial charge in [-0.25, -0.2) is 4.98 Å². The number of carbonyl (C=O) groups excluding carboxylic acids is 1. The Labute approximate surface area is 156 Å². The fourth-order valence-corrected chi connectivity index (χ4v) is 2.47. The summed E-state index contributed by atoms with van der Waals surface area (Å²) in [5.41, 5.74) is 2.69. The lowest BCUT2D eigenvalue weighted by molar-refractivity contribution is 0.102. The van der Waals surface area contributed by atoms with Gasteiger partial charge in [-0.05, 0) is 54.1 Å². The van der Waals surface area contributed by atoms with Crippen molar-refractivity contribution in [2.75, 3.05) is 10.6 Å². The molecular formula is C20H15ClN4O. The molecule has 26 heavy (non-hydrogen) atoms. The second-order valence-electron chi connectivity index (χ2n) is 5.52. The van der Waals surface area contributed by atoms with Gasteiger partial charge in [0.1, 0.15) is 5.82 Å². The summed E-state index contributed by atoms with van der Waals surface area (Å²) in [5, 5.41) is 15.4. The Hall–Kier alpha value is -3.36. The molecule has 6 heteroatoms. The third kappa shape index (κ3) is 4.38. The maximum absolute atomic E-state index is 12.6. The summed E-state index contributed by atoms with van der Waals surface area (Å²) in [4.78, 5) is 16.8. The van der Waals surface area contributed by atoms with Crippen LogP contribution in [-0.2, 0) is 6.54 Å². The van der Waals surface area contributed by atoms with Gasteiger partial charge < -0.3 is 10.6 Å². The summed E-state index contributed by atoms with van der Waals surface area (Å²) in [7, 11) is 0. The molecule has 0 unspecified atom stereocenters. The number of hydrogen-bond donors (Lipinski definition) is 2. The van der Waals surface area contributed by atoms with Crippen LogP contribution in [0, 0.1) is 11.3 Å². The minimum atomic E-state index is -0.261. The lowest BCUT2D eigenvalue weighted by atomic mass is 10.1. The quantitative estimate of drug-likeness (QED) is 0.701. The van der Waals surface area contributed by atoms with Crippen LogP contribution in [0.4, 0.5) is 11.5 Å². The van der Waals surface area contributed by atoms with E-state index in [1.807, 2.05) is 12.1 Å². The Balaban J connectivity index is 1.71. The van der Waals surface area contributed by atoms with E-state index in [2.05, 4.69) is 21.7 Å². The van der Waals surface area contributed by atoms with Crippen molar-refractivity contribution >= 4 is 29.0 Å². The second kappa shape index (κ2) is 8.15. The second-order valence-corrected chi connectivity index (χ2v) is 5.96. The topological polar surface area (TPSA) is 77.8 Å². The molecule has 0 aliphatic heterocycles. The number of hydrogen-bond acceptors (Lipinski definition) is 4. The number of anilines is 2. The maximum Gasteiger partial charge on any atom is 0.259 e. The highest BCUT2D eigenvalue weighted by atomic mass is 35.5. The number of aromatic nitrogens is 1. The van der Waals surface area contributed by atoms with Crippen LogP contribution in [-0.4, -0.2) is 10.9 Å². The van der Waals surface area contributed by atoms with Gasteiger partial charge in [-0.2, -0.15) is 5.26 Å². The van der Waals surface area contributed by atoms with Crippen molar-refractivity contribution in [3.63, 3.8) is 0 Å². The van der Waals surface area contributed by atoms with Gasteiger partial charge in [0.25, 0.3) is 5.91 Å². The average molecular weight is 363 g/mol. The third-order valence-electron chi connectivity index (χ3n) is 3.70. The molecular weight excluding hydrogens is 348 g/mol. The summed E-state index contributed by atoms with van der Waals surface area (Å²) >= 11 is 5.86. The van der Waals surface area contributed by atoms with Crippen molar-refractivity contribution in [1.82, 2.24) is 4.98 Å². The zero-order valence-corrected chi connectivity index (χ0v) is 14.5. The van der Waals surface area contributed by atoms with Gasteiger partial charge in [-0.15, -0.1) is 0 Å². The Morgan fingerprint density at radius 1 is 1.08 bits per heavy atom. The molecule has 1 heterocycles. The van der Waals surface area contributed by atoms with Crippen LogP contribution in [0.15, 0.2) is 66.9 Å². The van der Waals surface area contributed by atoms with Gasteiger partial charge in [0.15, 0.2) is 0 Å². The summed E-state index contributed by atoms with van der Waals surface area (Å²) in [6, 6.07) is 19.6. The molecule has 0 atom stereocenters. The number of rotatable bonds is 5. The molecule has 1 amide bonds. The van der Waals surface area contributed by atoms with Crippen LogP contribution in [0.5, 0.6) is 0 Å². The molecule has 0 bridgehead atoms. The smallest absolute Gasteiger partial charge is 0.259 e. The van der Waals surface area contributed by atoms with E-state index in [1.54, 1.807) is 54.7 Å². The summed E-state index contributed by atoms with van der Waals surface area (Å²) < 4.78 is 0. The average Bonchev–Trinajstić information content (AvgIpc) is 2.68. The van der Waals surface area contributed by atoms with Crippen LogP contribution in [0.2, 0.25) is 5.02 Å². The number of amides is 1. The van der Waals surface area contributed by atoms with Gasteiger partial charge in [0.2, 0.25) is 0 Å². The van der Waals surface area contributed by atoms with Gasteiger partial charge >= 0.3 is 0 Å². The summed E-state index contributed by atoms with van der Waals surface area (Å²) in [6.45, 7) is 0.490. The normalized spacial score (nSPS) is 10.0. The maximum atomic E-state index is 12.6. The molecule has 1 aromatic heterocycles. The Bertz CT molecular complexity index is 947. The van der Waals surface area contributed by atoms with E-state index in [9.17, 15) is 4.79 Å². The Morgan fingerprint density at radius 2 is 1.81 bits per heavy atom. The molecule has 2 aromatic carbocycles. The van der Waals surface area contributed by atoms with E-state index in [0.717, 1.165) is 5.56 Å². The molecule has 0 fully saturated rings. The number of nitrogens with zero attached hydrogens (tertiary/aromatic N) is 2. The first kappa shape index (κ1) is 17.5. The fraction of sp³-hybridized carbons (Fsp3) is 0.0500. The van der Waals surface area contributed by atoms with Crippen molar-refractivity contribution in [2.24, 2.45) is 0 Å². The van der Waals surface area contributed by atoms with E-state index in [0.29, 0.717) is 34.2 Å². The van der Waals surface area contributed by atoms with Gasteiger partial charge in [-0.1, -0.05) is 23.7 Å². The zero-order valence-electron chi connectivity index (χ0n) is 13.7. The predicted molar refractivity (Wildman–Crippen MR) is 102 cm³/mol. The molecule has 3 rings (SSSR count). The van der Waals surface area contributed by atoms with E-state index in [1.165, 1.54) is 0 Å². The van der Waals surface area contributed by atoms with Crippen LogP contribution in [0.1, 0.15) is 21.5 Å². The first-order valence-corrected chi connectivity index (χ1v) is 8.28. The minimum Gasteiger partial charge on any atom is -0.365 e. The Kier molecular flexibility index (Phi) is 5.47. The molecule has 128 valence electrons. The zero-order chi connectivity index (χ0) is 18.4. The van der Waals surface area contributed by atoms with Crippen LogP contribution < -0.4 is 10.6 Å². The van der Waals surface area contributed by atoms with Crippen LogP contribution >= 0.6 is 11.6 Å². The minimum absolute atomic E-state index is 0.261. The lowest BCUT2D eigenvalue weighted by Crippen LogP contribution is -2.15. The lowest BCUT2D eigenvalue weighted by Gasteiger charge is -2.11. The molecule has 0 spiro atoms. The van der Waals surface area contributed by atoms with E-state index >= 15 is 0 Å². The predicted octanol–water partition coefficient (Wildman–Crippen LogP) is 4.47. The number of benzene rings is 2. The number of carbonyl (C=O) groups is 1. The molecule has 0 aliphatic carbocycles. The number of pyridine rings is 1. The Morgan fingerprint density at radius 3 is 2.50 bits per heavy atom. The third-order valence-corrected chi connectivity index (χ3v) is 3.95. The molecule has 0 saturated carbocycles. The largest absolute Gasteiger partial charge is 0.365 e. The molecule has 0 saturated heterocycles. The van der Waals surface area contributed by atoms with Gasteiger partial charge in [0.05, 0.1) is 17.2 Å². The van der Waals surface area contributed by atoms with Crippen molar-refractivity contribution in [2.45, 2.75) is 6.54 Å². The highest BCUT2D eigenvalue weighted by molar-refractivity contribution is 6.30. The SMILES string of the molecule is N#Cc1ccc(CNc2ncccc2C(=O)Nc2ccc(Cl)cc2)cc1. The van der Waals surface area contributed by atoms with Crippen LogP contribution in [0.25, 0.3) is 0 Å². The highest BCUT2D eigenvalue weighted by Crippen LogP contribution is 2.18. The molecule has 3 aromatic rings. The number of nitriles is 1. The van der Waals surface area contributed by atoms with E-state index < -0.39 is 0 Å². The monoisotopic (exact) mass is 362 g/mol. The summed E-state index contributed by atoms with van der Waals surface area (Å²) in [5.74, 6) is 0.228. The van der Waals surface area contributed by atoms with Crippen molar-refractivity contribution in [3.8, 4) is 6.07 Å². The van der Waals surface area contributed by atoms with E-state index in [-0.39, 0.29) is 5.91 Å². The van der Waals surface area contributed by atoms with Crippen molar-refractivity contribution in [1.29, 1.82) is 5.26 Å². The van der Waals surface area contributed by atoms with Gasteiger partial charge in [0, 0.05) is 23.5 Å². The number of nitrogens with one attached hydrogen (secondary N) is 2. The first-order valence-electron chi connectivity index (χ1n) is 7.90. The van der Waals surface area contributed by atoms with Crippen molar-refractivity contribution in [3.05, 3.63) is 88.6 Å². The molecule has 2 N–H and O–H groups in total. The number of halogens is 1. The fourth-order valence-electron chi connectivity index (χ4n) is 2.34.